The first-order valence-electron chi connectivity index (χ1n) is 6.42. The van der Waals surface area contributed by atoms with Gasteiger partial charge in [0.25, 0.3) is 0 Å². The quantitative estimate of drug-likeness (QED) is 0.863. The van der Waals surface area contributed by atoms with E-state index in [4.69, 9.17) is 11.6 Å². The molecule has 0 amide bonds. The molecular weight excluding hydrogens is 278 g/mol. The van der Waals surface area contributed by atoms with Gasteiger partial charge in [0.2, 0.25) is 0 Å². The molecule has 0 bridgehead atoms. The van der Waals surface area contributed by atoms with Crippen LogP contribution in [0, 0.1) is 0 Å². The summed E-state index contributed by atoms with van der Waals surface area (Å²) in [6.07, 6.45) is 1.88. The Morgan fingerprint density at radius 1 is 1.21 bits per heavy atom. The van der Waals surface area contributed by atoms with Gasteiger partial charge in [-0.3, -0.25) is 0 Å². The highest BCUT2D eigenvalue weighted by atomic mass is 35.5. The fourth-order valence-corrected chi connectivity index (χ4v) is 2.89. The van der Waals surface area contributed by atoms with E-state index in [9.17, 15) is 0 Å². The van der Waals surface area contributed by atoms with E-state index in [-0.39, 0.29) is 0 Å². The van der Waals surface area contributed by atoms with Crippen LogP contribution in [0.2, 0.25) is 4.34 Å². The van der Waals surface area contributed by atoms with Gasteiger partial charge in [-0.2, -0.15) is 0 Å². The maximum absolute atomic E-state index is 5.90. The van der Waals surface area contributed by atoms with Crippen LogP contribution >= 0.6 is 22.9 Å². The van der Waals surface area contributed by atoms with Gasteiger partial charge in [0.15, 0.2) is 0 Å². The standard InChI is InChI=1S/C14H18ClN3S/c1-3-18(4-2)14-8-5-11(9-17-14)16-10-12-6-7-13(15)19-12/h5-9,16H,3-4,10H2,1-2H3. The molecule has 102 valence electrons. The lowest BCUT2D eigenvalue weighted by molar-refractivity contribution is 0.846. The Kier molecular flexibility index (Phi) is 5.05. The highest BCUT2D eigenvalue weighted by molar-refractivity contribution is 7.16. The molecule has 0 fully saturated rings. The number of pyridine rings is 1. The van der Waals surface area contributed by atoms with Gasteiger partial charge in [-0.05, 0) is 38.1 Å². The average Bonchev–Trinajstić information content (AvgIpc) is 2.85. The fourth-order valence-electron chi connectivity index (χ4n) is 1.86. The molecule has 5 heteroatoms. The van der Waals surface area contributed by atoms with Gasteiger partial charge in [0.1, 0.15) is 5.82 Å². The Bertz CT molecular complexity index is 506. The molecular formula is C14H18ClN3S. The summed E-state index contributed by atoms with van der Waals surface area (Å²) in [5.74, 6) is 1.02. The molecule has 0 aliphatic carbocycles. The Labute approximate surface area is 123 Å². The highest BCUT2D eigenvalue weighted by Gasteiger charge is 2.03. The number of hydrogen-bond acceptors (Lipinski definition) is 4. The van der Waals surface area contributed by atoms with Gasteiger partial charge in [-0.1, -0.05) is 11.6 Å². The van der Waals surface area contributed by atoms with Crippen LogP contribution in [0.3, 0.4) is 0 Å². The van der Waals surface area contributed by atoms with E-state index in [1.165, 1.54) is 4.88 Å². The Balaban J connectivity index is 1.95. The van der Waals surface area contributed by atoms with E-state index < -0.39 is 0 Å². The van der Waals surface area contributed by atoms with Crippen LogP contribution in [-0.4, -0.2) is 18.1 Å². The maximum atomic E-state index is 5.90. The van der Waals surface area contributed by atoms with Crippen LogP contribution < -0.4 is 10.2 Å². The first-order valence-corrected chi connectivity index (χ1v) is 7.61. The van der Waals surface area contributed by atoms with E-state index in [0.717, 1.165) is 35.5 Å². The van der Waals surface area contributed by atoms with E-state index in [1.807, 2.05) is 18.3 Å². The van der Waals surface area contributed by atoms with E-state index in [2.05, 4.69) is 41.2 Å². The van der Waals surface area contributed by atoms with Crippen molar-refractivity contribution < 1.29 is 0 Å². The van der Waals surface area contributed by atoms with Crippen molar-refractivity contribution in [2.24, 2.45) is 0 Å². The minimum absolute atomic E-state index is 0.781. The van der Waals surface area contributed by atoms with Crippen LogP contribution in [-0.2, 0) is 6.54 Å². The van der Waals surface area contributed by atoms with Gasteiger partial charge in [-0.15, -0.1) is 11.3 Å². The fraction of sp³-hybridized carbons (Fsp3) is 0.357. The smallest absolute Gasteiger partial charge is 0.128 e. The van der Waals surface area contributed by atoms with E-state index in [0.29, 0.717) is 0 Å². The molecule has 2 aromatic heterocycles. The van der Waals surface area contributed by atoms with Crippen molar-refractivity contribution >= 4 is 34.4 Å². The molecule has 0 saturated carbocycles. The van der Waals surface area contributed by atoms with E-state index >= 15 is 0 Å². The monoisotopic (exact) mass is 295 g/mol. The number of halogens is 1. The molecule has 0 spiro atoms. The molecule has 0 aliphatic heterocycles. The molecule has 0 aliphatic rings. The minimum Gasteiger partial charge on any atom is -0.379 e. The maximum Gasteiger partial charge on any atom is 0.128 e. The summed E-state index contributed by atoms with van der Waals surface area (Å²) in [5, 5.41) is 3.35. The topological polar surface area (TPSA) is 28.2 Å². The molecule has 19 heavy (non-hydrogen) atoms. The van der Waals surface area contributed by atoms with Crippen molar-refractivity contribution in [2.45, 2.75) is 20.4 Å². The number of aromatic nitrogens is 1. The molecule has 1 N–H and O–H groups in total. The van der Waals surface area contributed by atoms with Gasteiger partial charge < -0.3 is 10.2 Å². The normalized spacial score (nSPS) is 10.5. The largest absolute Gasteiger partial charge is 0.379 e. The predicted molar refractivity (Wildman–Crippen MR) is 84.5 cm³/mol. The van der Waals surface area contributed by atoms with Gasteiger partial charge >= 0.3 is 0 Å². The summed E-state index contributed by atoms with van der Waals surface area (Å²) in [4.78, 5) is 7.92. The zero-order valence-corrected chi connectivity index (χ0v) is 12.8. The molecule has 0 saturated heterocycles. The average molecular weight is 296 g/mol. The van der Waals surface area contributed by atoms with Gasteiger partial charge in [0.05, 0.1) is 16.2 Å². The minimum atomic E-state index is 0.781. The van der Waals surface area contributed by atoms with E-state index in [1.54, 1.807) is 11.3 Å². The lowest BCUT2D eigenvalue weighted by Crippen LogP contribution is -2.22. The Morgan fingerprint density at radius 2 is 2.00 bits per heavy atom. The molecule has 0 aromatic carbocycles. The molecule has 3 nitrogen and oxygen atoms in total. The van der Waals surface area contributed by atoms with Crippen molar-refractivity contribution in [3.63, 3.8) is 0 Å². The molecule has 2 aromatic rings. The molecule has 2 heterocycles. The van der Waals surface area contributed by atoms with Crippen molar-refractivity contribution in [1.82, 2.24) is 4.98 Å². The van der Waals surface area contributed by atoms with Gasteiger partial charge in [0, 0.05) is 24.5 Å². The Morgan fingerprint density at radius 3 is 2.53 bits per heavy atom. The lowest BCUT2D eigenvalue weighted by atomic mass is 10.3. The third-order valence-corrected chi connectivity index (χ3v) is 4.16. The number of anilines is 2. The summed E-state index contributed by atoms with van der Waals surface area (Å²) < 4.78 is 0.826. The summed E-state index contributed by atoms with van der Waals surface area (Å²) in [6, 6.07) is 8.08. The second-order valence-corrected chi connectivity index (χ2v) is 5.94. The van der Waals surface area contributed by atoms with Crippen LogP contribution in [0.15, 0.2) is 30.5 Å². The molecule has 0 unspecified atom stereocenters. The van der Waals surface area contributed by atoms with Crippen LogP contribution in [0.25, 0.3) is 0 Å². The predicted octanol–water partition coefficient (Wildman–Crippen LogP) is 4.25. The first-order chi connectivity index (χ1) is 9.22. The summed E-state index contributed by atoms with van der Waals surface area (Å²) in [7, 11) is 0. The number of hydrogen-bond donors (Lipinski definition) is 1. The van der Waals surface area contributed by atoms with Crippen molar-refractivity contribution in [2.75, 3.05) is 23.3 Å². The van der Waals surface area contributed by atoms with Crippen LogP contribution in [0.1, 0.15) is 18.7 Å². The van der Waals surface area contributed by atoms with Crippen molar-refractivity contribution in [1.29, 1.82) is 0 Å². The number of thiophene rings is 1. The summed E-state index contributed by atoms with van der Waals surface area (Å²) >= 11 is 7.50. The summed E-state index contributed by atoms with van der Waals surface area (Å²) in [6.45, 7) is 7.01. The van der Waals surface area contributed by atoms with Gasteiger partial charge in [-0.25, -0.2) is 4.98 Å². The summed E-state index contributed by atoms with van der Waals surface area (Å²) in [5.41, 5.74) is 1.03. The molecule has 2 rings (SSSR count). The lowest BCUT2D eigenvalue weighted by Gasteiger charge is -2.19. The number of nitrogens with one attached hydrogen (secondary N) is 1. The first kappa shape index (κ1) is 14.2. The third kappa shape index (κ3) is 3.85. The highest BCUT2D eigenvalue weighted by Crippen LogP contribution is 2.22. The zero-order chi connectivity index (χ0) is 13.7. The van der Waals surface area contributed by atoms with Crippen molar-refractivity contribution in [3.8, 4) is 0 Å². The van der Waals surface area contributed by atoms with Crippen molar-refractivity contribution in [3.05, 3.63) is 39.7 Å². The second-order valence-electron chi connectivity index (χ2n) is 4.14. The van der Waals surface area contributed by atoms with Crippen LogP contribution in [0.5, 0.6) is 0 Å². The Hall–Kier alpha value is -1.26. The second kappa shape index (κ2) is 6.78. The number of rotatable bonds is 6. The zero-order valence-electron chi connectivity index (χ0n) is 11.2. The number of nitrogens with zero attached hydrogens (tertiary/aromatic N) is 2. The molecule has 0 radical (unpaired) electrons. The molecule has 0 atom stereocenters. The third-order valence-electron chi connectivity index (χ3n) is 2.93. The SMILES string of the molecule is CCN(CC)c1ccc(NCc2ccc(Cl)s2)cn1. The van der Waals surface area contributed by atoms with Crippen LogP contribution in [0.4, 0.5) is 11.5 Å².